The Morgan fingerprint density at radius 1 is 1.10 bits per heavy atom. The van der Waals surface area contributed by atoms with E-state index in [-0.39, 0.29) is 12.0 Å². The van der Waals surface area contributed by atoms with Crippen LogP contribution in [0.5, 0.6) is 5.75 Å². The quantitative estimate of drug-likeness (QED) is 0.901. The van der Waals surface area contributed by atoms with Crippen molar-refractivity contribution in [2.24, 2.45) is 0 Å². The lowest BCUT2D eigenvalue weighted by atomic mass is 9.78. The molecular formula is C18H22O2. The summed E-state index contributed by atoms with van der Waals surface area (Å²) in [6.45, 7) is 4.27. The van der Waals surface area contributed by atoms with Crippen molar-refractivity contribution in [3.05, 3.63) is 65.2 Å². The summed E-state index contributed by atoms with van der Waals surface area (Å²) in [5.41, 5.74) is 3.28. The molecule has 2 aromatic rings. The topological polar surface area (TPSA) is 29.5 Å². The standard InChI is InChI=1S/C18H22O2/c1-14-7-9-15(10-8-14)12-18(2,13-19)16-5-4-6-17(11-16)20-3/h4-11,19H,12-13H2,1-3H3. The van der Waals surface area contributed by atoms with Crippen molar-refractivity contribution < 1.29 is 9.84 Å². The van der Waals surface area contributed by atoms with Gasteiger partial charge in [0.1, 0.15) is 5.75 Å². The number of rotatable bonds is 5. The molecule has 0 saturated carbocycles. The third kappa shape index (κ3) is 3.20. The number of benzene rings is 2. The van der Waals surface area contributed by atoms with E-state index in [0.29, 0.717) is 0 Å². The van der Waals surface area contributed by atoms with E-state index in [1.165, 1.54) is 11.1 Å². The molecule has 0 aliphatic heterocycles. The van der Waals surface area contributed by atoms with Crippen LogP contribution in [0.3, 0.4) is 0 Å². The van der Waals surface area contributed by atoms with Crippen molar-refractivity contribution >= 4 is 0 Å². The number of aryl methyl sites for hydroxylation is 1. The van der Waals surface area contributed by atoms with E-state index < -0.39 is 0 Å². The predicted molar refractivity (Wildman–Crippen MR) is 82.3 cm³/mol. The lowest BCUT2D eigenvalue weighted by Gasteiger charge is -2.28. The molecule has 1 atom stereocenters. The molecule has 0 bridgehead atoms. The normalized spacial score (nSPS) is 13.8. The molecule has 0 spiro atoms. The van der Waals surface area contributed by atoms with Gasteiger partial charge in [-0.3, -0.25) is 0 Å². The summed E-state index contributed by atoms with van der Waals surface area (Å²) in [5, 5.41) is 9.88. The Morgan fingerprint density at radius 3 is 2.40 bits per heavy atom. The van der Waals surface area contributed by atoms with Crippen molar-refractivity contribution in [1.82, 2.24) is 0 Å². The zero-order chi connectivity index (χ0) is 14.6. The molecule has 0 aromatic heterocycles. The fraction of sp³-hybridized carbons (Fsp3) is 0.333. The molecule has 2 rings (SSSR count). The van der Waals surface area contributed by atoms with E-state index in [4.69, 9.17) is 4.74 Å². The van der Waals surface area contributed by atoms with Crippen molar-refractivity contribution in [1.29, 1.82) is 0 Å². The largest absolute Gasteiger partial charge is 0.497 e. The number of hydrogen-bond donors (Lipinski definition) is 1. The first-order valence-corrected chi connectivity index (χ1v) is 6.88. The van der Waals surface area contributed by atoms with Crippen LogP contribution in [0.2, 0.25) is 0 Å². The second kappa shape index (κ2) is 6.10. The van der Waals surface area contributed by atoms with Gasteiger partial charge in [-0.05, 0) is 36.6 Å². The Bertz CT molecular complexity index is 560. The maximum Gasteiger partial charge on any atom is 0.119 e. The van der Waals surface area contributed by atoms with E-state index in [0.717, 1.165) is 17.7 Å². The zero-order valence-corrected chi connectivity index (χ0v) is 12.4. The molecule has 0 aliphatic carbocycles. The molecule has 1 unspecified atom stereocenters. The minimum absolute atomic E-state index is 0.105. The summed E-state index contributed by atoms with van der Waals surface area (Å²) in [7, 11) is 1.66. The van der Waals surface area contributed by atoms with Crippen LogP contribution in [0.4, 0.5) is 0 Å². The molecule has 0 fully saturated rings. The van der Waals surface area contributed by atoms with Crippen LogP contribution < -0.4 is 4.74 Å². The zero-order valence-electron chi connectivity index (χ0n) is 12.4. The number of aliphatic hydroxyl groups excluding tert-OH is 1. The third-order valence-electron chi connectivity index (χ3n) is 3.83. The summed E-state index contributed by atoms with van der Waals surface area (Å²) >= 11 is 0. The SMILES string of the molecule is COc1cccc(C(C)(CO)Cc2ccc(C)cc2)c1. The Labute approximate surface area is 121 Å². The first-order valence-electron chi connectivity index (χ1n) is 6.88. The summed E-state index contributed by atoms with van der Waals surface area (Å²) in [6.07, 6.45) is 0.803. The minimum atomic E-state index is -0.302. The monoisotopic (exact) mass is 270 g/mol. The maximum atomic E-state index is 9.88. The van der Waals surface area contributed by atoms with Crippen molar-refractivity contribution in [3.63, 3.8) is 0 Å². The minimum Gasteiger partial charge on any atom is -0.497 e. The molecule has 0 heterocycles. The highest BCUT2D eigenvalue weighted by atomic mass is 16.5. The maximum absolute atomic E-state index is 9.88. The average molecular weight is 270 g/mol. The fourth-order valence-electron chi connectivity index (χ4n) is 2.40. The molecule has 1 N–H and O–H groups in total. The summed E-state index contributed by atoms with van der Waals surface area (Å²) in [6, 6.07) is 16.4. The Kier molecular flexibility index (Phi) is 4.46. The van der Waals surface area contributed by atoms with Crippen LogP contribution in [0.15, 0.2) is 48.5 Å². The van der Waals surface area contributed by atoms with Crippen LogP contribution >= 0.6 is 0 Å². The molecule has 106 valence electrons. The van der Waals surface area contributed by atoms with Gasteiger partial charge in [-0.2, -0.15) is 0 Å². The second-order valence-electron chi connectivity index (χ2n) is 5.61. The van der Waals surface area contributed by atoms with Gasteiger partial charge in [0.25, 0.3) is 0 Å². The van der Waals surface area contributed by atoms with Gasteiger partial charge >= 0.3 is 0 Å². The molecular weight excluding hydrogens is 248 g/mol. The number of methoxy groups -OCH3 is 1. The highest BCUT2D eigenvalue weighted by molar-refractivity contribution is 5.35. The van der Waals surface area contributed by atoms with E-state index in [1.54, 1.807) is 7.11 Å². The fourth-order valence-corrected chi connectivity index (χ4v) is 2.40. The highest BCUT2D eigenvalue weighted by Crippen LogP contribution is 2.30. The molecule has 0 aliphatic rings. The van der Waals surface area contributed by atoms with Gasteiger partial charge in [-0.15, -0.1) is 0 Å². The van der Waals surface area contributed by atoms with E-state index in [1.807, 2.05) is 24.3 Å². The summed E-state index contributed by atoms with van der Waals surface area (Å²) < 4.78 is 5.28. The predicted octanol–water partition coefficient (Wildman–Crippen LogP) is 3.50. The van der Waals surface area contributed by atoms with Gasteiger partial charge in [0.15, 0.2) is 0 Å². The van der Waals surface area contributed by atoms with Gasteiger partial charge < -0.3 is 9.84 Å². The summed E-state index contributed by atoms with van der Waals surface area (Å²) in [4.78, 5) is 0. The molecule has 0 radical (unpaired) electrons. The van der Waals surface area contributed by atoms with Crippen LogP contribution in [0.25, 0.3) is 0 Å². The van der Waals surface area contributed by atoms with Gasteiger partial charge in [0.2, 0.25) is 0 Å². The third-order valence-corrected chi connectivity index (χ3v) is 3.83. The average Bonchev–Trinajstić information content (AvgIpc) is 2.49. The van der Waals surface area contributed by atoms with Crippen molar-refractivity contribution in [3.8, 4) is 5.75 Å². The van der Waals surface area contributed by atoms with Crippen molar-refractivity contribution in [2.75, 3.05) is 13.7 Å². The van der Waals surface area contributed by atoms with Gasteiger partial charge in [0, 0.05) is 5.41 Å². The van der Waals surface area contributed by atoms with E-state index in [2.05, 4.69) is 38.1 Å². The molecule has 0 saturated heterocycles. The second-order valence-corrected chi connectivity index (χ2v) is 5.61. The van der Waals surface area contributed by atoms with Gasteiger partial charge in [0.05, 0.1) is 13.7 Å². The number of ether oxygens (including phenoxy) is 1. The molecule has 2 nitrogen and oxygen atoms in total. The Morgan fingerprint density at radius 2 is 1.80 bits per heavy atom. The van der Waals surface area contributed by atoms with Crippen LogP contribution in [-0.2, 0) is 11.8 Å². The molecule has 20 heavy (non-hydrogen) atoms. The number of hydrogen-bond acceptors (Lipinski definition) is 2. The Hall–Kier alpha value is -1.80. The van der Waals surface area contributed by atoms with Crippen LogP contribution in [0, 0.1) is 6.92 Å². The number of aliphatic hydroxyl groups is 1. The van der Waals surface area contributed by atoms with E-state index in [9.17, 15) is 5.11 Å². The molecule has 2 heteroatoms. The highest BCUT2D eigenvalue weighted by Gasteiger charge is 2.26. The van der Waals surface area contributed by atoms with Crippen LogP contribution in [-0.4, -0.2) is 18.8 Å². The van der Waals surface area contributed by atoms with Gasteiger partial charge in [-0.1, -0.05) is 48.9 Å². The summed E-state index contributed by atoms with van der Waals surface area (Å²) in [5.74, 6) is 0.825. The lowest BCUT2D eigenvalue weighted by molar-refractivity contribution is 0.204. The van der Waals surface area contributed by atoms with Crippen LogP contribution in [0.1, 0.15) is 23.6 Å². The first-order chi connectivity index (χ1) is 9.57. The molecule has 2 aromatic carbocycles. The van der Waals surface area contributed by atoms with E-state index >= 15 is 0 Å². The van der Waals surface area contributed by atoms with Gasteiger partial charge in [-0.25, -0.2) is 0 Å². The lowest BCUT2D eigenvalue weighted by Crippen LogP contribution is -2.29. The first kappa shape index (κ1) is 14.6. The van der Waals surface area contributed by atoms with Crippen molar-refractivity contribution in [2.45, 2.75) is 25.7 Å². The Balaban J connectivity index is 2.30. The smallest absolute Gasteiger partial charge is 0.119 e. The molecule has 0 amide bonds.